The summed E-state index contributed by atoms with van der Waals surface area (Å²) in [6, 6.07) is 0.571. The number of carbonyl (C=O) groups excluding carboxylic acids is 1. The van der Waals surface area contributed by atoms with Crippen LogP contribution in [-0.2, 0) is 9.53 Å². The Balaban J connectivity index is 3.33. The van der Waals surface area contributed by atoms with Crippen LogP contribution in [0.1, 0.15) is 39.5 Å². The van der Waals surface area contributed by atoms with Gasteiger partial charge in [-0.05, 0) is 12.8 Å². The zero-order chi connectivity index (χ0) is 11.5. The largest absolute Gasteiger partial charge is 0.370 e. The van der Waals surface area contributed by atoms with Gasteiger partial charge in [0, 0.05) is 12.6 Å². The van der Waals surface area contributed by atoms with Crippen molar-refractivity contribution >= 4 is 5.91 Å². The SMILES string of the molecule is CCCCC(CC)NCCOCC(N)=O. The number of unbranched alkanes of at least 4 members (excludes halogenated alkanes) is 1. The first-order valence-electron chi connectivity index (χ1n) is 5.80. The molecule has 0 fully saturated rings. The third-order valence-corrected chi connectivity index (χ3v) is 2.32. The lowest BCUT2D eigenvalue weighted by molar-refractivity contribution is -0.122. The molecule has 0 rings (SSSR count). The van der Waals surface area contributed by atoms with E-state index in [1.165, 1.54) is 19.3 Å². The maximum Gasteiger partial charge on any atom is 0.243 e. The lowest BCUT2D eigenvalue weighted by Gasteiger charge is -2.16. The predicted octanol–water partition coefficient (Wildman–Crippen LogP) is 1.05. The number of nitrogens with two attached hydrogens (primary N) is 1. The van der Waals surface area contributed by atoms with E-state index in [4.69, 9.17) is 10.5 Å². The van der Waals surface area contributed by atoms with Crippen molar-refractivity contribution in [2.24, 2.45) is 5.73 Å². The van der Waals surface area contributed by atoms with Gasteiger partial charge in [-0.2, -0.15) is 0 Å². The van der Waals surface area contributed by atoms with Crippen LogP contribution in [0.2, 0.25) is 0 Å². The summed E-state index contributed by atoms with van der Waals surface area (Å²) in [7, 11) is 0. The van der Waals surface area contributed by atoms with Crippen LogP contribution in [0, 0.1) is 0 Å². The first-order chi connectivity index (χ1) is 7.20. The molecule has 0 saturated carbocycles. The van der Waals surface area contributed by atoms with Gasteiger partial charge in [0.2, 0.25) is 5.91 Å². The number of amides is 1. The summed E-state index contributed by atoms with van der Waals surface area (Å²) in [6.07, 6.45) is 4.84. The van der Waals surface area contributed by atoms with E-state index in [2.05, 4.69) is 19.2 Å². The van der Waals surface area contributed by atoms with Gasteiger partial charge in [-0.15, -0.1) is 0 Å². The lowest BCUT2D eigenvalue weighted by atomic mass is 10.1. The minimum atomic E-state index is -0.409. The Bertz CT molecular complexity index is 163. The summed E-state index contributed by atoms with van der Waals surface area (Å²) in [4.78, 5) is 10.4. The first kappa shape index (κ1) is 14.4. The Morgan fingerprint density at radius 1 is 1.47 bits per heavy atom. The van der Waals surface area contributed by atoms with E-state index in [1.54, 1.807) is 0 Å². The summed E-state index contributed by atoms with van der Waals surface area (Å²) < 4.78 is 5.06. The van der Waals surface area contributed by atoms with Crippen LogP contribution < -0.4 is 11.1 Å². The zero-order valence-corrected chi connectivity index (χ0v) is 9.92. The van der Waals surface area contributed by atoms with Crippen LogP contribution >= 0.6 is 0 Å². The number of carbonyl (C=O) groups is 1. The van der Waals surface area contributed by atoms with Crippen molar-refractivity contribution in [1.82, 2.24) is 5.32 Å². The number of nitrogens with one attached hydrogen (secondary N) is 1. The lowest BCUT2D eigenvalue weighted by Crippen LogP contribution is -2.32. The van der Waals surface area contributed by atoms with E-state index in [1.807, 2.05) is 0 Å². The molecule has 0 aromatic carbocycles. The van der Waals surface area contributed by atoms with Crippen LogP contribution in [0.3, 0.4) is 0 Å². The van der Waals surface area contributed by atoms with Gasteiger partial charge in [0.1, 0.15) is 6.61 Å². The van der Waals surface area contributed by atoms with Crippen molar-refractivity contribution in [3.63, 3.8) is 0 Å². The number of rotatable bonds is 10. The number of hydrogen-bond acceptors (Lipinski definition) is 3. The molecule has 0 bridgehead atoms. The number of primary amides is 1. The third-order valence-electron chi connectivity index (χ3n) is 2.32. The van der Waals surface area contributed by atoms with Crippen molar-refractivity contribution in [3.05, 3.63) is 0 Å². The van der Waals surface area contributed by atoms with Crippen molar-refractivity contribution < 1.29 is 9.53 Å². The minimum Gasteiger partial charge on any atom is -0.370 e. The highest BCUT2D eigenvalue weighted by Gasteiger charge is 2.03. The van der Waals surface area contributed by atoms with Crippen LogP contribution in [0.4, 0.5) is 0 Å². The Morgan fingerprint density at radius 3 is 2.73 bits per heavy atom. The molecule has 0 heterocycles. The van der Waals surface area contributed by atoms with Gasteiger partial charge in [0.25, 0.3) is 0 Å². The van der Waals surface area contributed by atoms with Crippen LogP contribution in [-0.4, -0.2) is 31.7 Å². The maximum absolute atomic E-state index is 10.4. The van der Waals surface area contributed by atoms with Gasteiger partial charge in [-0.25, -0.2) is 0 Å². The van der Waals surface area contributed by atoms with Crippen molar-refractivity contribution in [3.8, 4) is 0 Å². The Morgan fingerprint density at radius 2 is 2.20 bits per heavy atom. The normalized spacial score (nSPS) is 12.7. The fourth-order valence-corrected chi connectivity index (χ4v) is 1.41. The van der Waals surface area contributed by atoms with E-state index in [-0.39, 0.29) is 6.61 Å². The Hall–Kier alpha value is -0.610. The fourth-order valence-electron chi connectivity index (χ4n) is 1.41. The van der Waals surface area contributed by atoms with Gasteiger partial charge in [-0.1, -0.05) is 26.7 Å². The number of ether oxygens (including phenoxy) is 1. The molecule has 4 heteroatoms. The molecule has 0 aromatic heterocycles. The fraction of sp³-hybridized carbons (Fsp3) is 0.909. The molecule has 0 aliphatic rings. The standard InChI is InChI=1S/C11H24N2O2/c1-3-5-6-10(4-2)13-7-8-15-9-11(12)14/h10,13H,3-9H2,1-2H3,(H2,12,14). The minimum absolute atomic E-state index is 0.0213. The molecular weight excluding hydrogens is 192 g/mol. The first-order valence-corrected chi connectivity index (χ1v) is 5.80. The smallest absolute Gasteiger partial charge is 0.243 e. The molecular formula is C11H24N2O2. The van der Waals surface area contributed by atoms with Gasteiger partial charge >= 0.3 is 0 Å². The maximum atomic E-state index is 10.4. The summed E-state index contributed by atoms with van der Waals surface area (Å²) >= 11 is 0. The molecule has 1 unspecified atom stereocenters. The van der Waals surface area contributed by atoms with E-state index >= 15 is 0 Å². The van der Waals surface area contributed by atoms with E-state index in [0.717, 1.165) is 13.0 Å². The van der Waals surface area contributed by atoms with E-state index in [9.17, 15) is 4.79 Å². The van der Waals surface area contributed by atoms with Gasteiger partial charge in [0.05, 0.1) is 6.61 Å². The van der Waals surface area contributed by atoms with Crippen molar-refractivity contribution in [1.29, 1.82) is 0 Å². The molecule has 0 saturated heterocycles. The average molecular weight is 216 g/mol. The molecule has 0 radical (unpaired) electrons. The second kappa shape index (κ2) is 9.93. The van der Waals surface area contributed by atoms with E-state index < -0.39 is 5.91 Å². The molecule has 15 heavy (non-hydrogen) atoms. The molecule has 1 amide bonds. The van der Waals surface area contributed by atoms with Crippen molar-refractivity contribution in [2.45, 2.75) is 45.6 Å². The average Bonchev–Trinajstić information content (AvgIpc) is 2.21. The summed E-state index contributed by atoms with van der Waals surface area (Å²) in [6.45, 7) is 5.73. The molecule has 4 nitrogen and oxygen atoms in total. The monoisotopic (exact) mass is 216 g/mol. The van der Waals surface area contributed by atoms with Gasteiger partial charge in [0.15, 0.2) is 0 Å². The Labute approximate surface area is 92.6 Å². The molecule has 90 valence electrons. The van der Waals surface area contributed by atoms with Gasteiger partial charge in [-0.3, -0.25) is 4.79 Å². The molecule has 0 spiro atoms. The summed E-state index contributed by atoms with van der Waals surface area (Å²) in [5.41, 5.74) is 4.94. The van der Waals surface area contributed by atoms with Crippen LogP contribution in [0.25, 0.3) is 0 Å². The topological polar surface area (TPSA) is 64.3 Å². The molecule has 0 aromatic rings. The molecule has 0 aliphatic heterocycles. The summed E-state index contributed by atoms with van der Waals surface area (Å²) in [5, 5.41) is 3.40. The highest BCUT2D eigenvalue weighted by atomic mass is 16.5. The van der Waals surface area contributed by atoms with Crippen LogP contribution in [0.15, 0.2) is 0 Å². The third kappa shape index (κ3) is 9.69. The molecule has 1 atom stereocenters. The second-order valence-electron chi connectivity index (χ2n) is 3.72. The molecule has 0 aliphatic carbocycles. The van der Waals surface area contributed by atoms with E-state index in [0.29, 0.717) is 12.6 Å². The quantitative estimate of drug-likeness (QED) is 0.536. The Kier molecular flexibility index (Phi) is 9.52. The highest BCUT2D eigenvalue weighted by Crippen LogP contribution is 2.03. The predicted molar refractivity (Wildman–Crippen MR) is 61.6 cm³/mol. The van der Waals surface area contributed by atoms with Gasteiger partial charge < -0.3 is 15.8 Å². The zero-order valence-electron chi connectivity index (χ0n) is 9.92. The van der Waals surface area contributed by atoms with Crippen molar-refractivity contribution in [2.75, 3.05) is 19.8 Å². The highest BCUT2D eigenvalue weighted by molar-refractivity contribution is 5.74. The second-order valence-corrected chi connectivity index (χ2v) is 3.72. The molecule has 3 N–H and O–H groups in total. The van der Waals surface area contributed by atoms with Crippen LogP contribution in [0.5, 0.6) is 0 Å². The number of hydrogen-bond donors (Lipinski definition) is 2. The summed E-state index contributed by atoms with van der Waals surface area (Å²) in [5.74, 6) is -0.409.